The molecule has 1 saturated heterocycles. The van der Waals surface area contributed by atoms with Crippen LogP contribution in [0.5, 0.6) is 0 Å². The fourth-order valence-corrected chi connectivity index (χ4v) is 5.79. The Kier molecular flexibility index (Phi) is 12.0. The summed E-state index contributed by atoms with van der Waals surface area (Å²) in [6.07, 6.45) is 12.3. The van der Waals surface area contributed by atoms with E-state index in [1.807, 2.05) is 39.8 Å². The van der Waals surface area contributed by atoms with Crippen LogP contribution in [0.1, 0.15) is 79.6 Å². The number of hydrogen-bond donors (Lipinski definition) is 2. The van der Waals surface area contributed by atoms with Gasteiger partial charge in [-0.3, -0.25) is 0 Å². The first-order chi connectivity index (χ1) is 20.3. The van der Waals surface area contributed by atoms with Crippen molar-refractivity contribution in [2.45, 2.75) is 140 Å². The van der Waals surface area contributed by atoms with E-state index in [0.29, 0.717) is 25.2 Å². The molecule has 4 aliphatic rings. The van der Waals surface area contributed by atoms with Crippen LogP contribution < -0.4 is 0 Å². The molecule has 4 rings (SSSR count). The van der Waals surface area contributed by atoms with Gasteiger partial charge < -0.3 is 29.2 Å². The molecule has 0 aromatic heterocycles. The van der Waals surface area contributed by atoms with Crippen LogP contribution in [-0.2, 0) is 33.5 Å². The number of esters is 1. The van der Waals surface area contributed by atoms with E-state index in [1.165, 1.54) is 6.08 Å². The zero-order valence-electron chi connectivity index (χ0n) is 26.2. The Balaban J connectivity index is 1.42. The number of epoxide rings is 1. The van der Waals surface area contributed by atoms with E-state index in [0.717, 1.165) is 30.4 Å². The number of ether oxygens (including phenoxy) is 4. The number of hydrogen-bond acceptors (Lipinski definition) is 9. The van der Waals surface area contributed by atoms with Gasteiger partial charge in [-0.05, 0) is 78.2 Å². The van der Waals surface area contributed by atoms with E-state index in [2.05, 4.69) is 19.6 Å². The van der Waals surface area contributed by atoms with Crippen molar-refractivity contribution in [1.82, 2.24) is 0 Å². The second kappa shape index (κ2) is 15.3. The lowest BCUT2D eigenvalue weighted by atomic mass is 9.91. The van der Waals surface area contributed by atoms with Crippen molar-refractivity contribution in [3.8, 4) is 0 Å². The lowest BCUT2D eigenvalue weighted by molar-refractivity contribution is -0.408. The third-order valence-electron chi connectivity index (χ3n) is 7.82. The molecule has 1 fully saturated rings. The first-order valence-electron chi connectivity index (χ1n) is 15.6. The Bertz CT molecular complexity index is 1070. The van der Waals surface area contributed by atoms with Gasteiger partial charge in [0.15, 0.2) is 0 Å². The van der Waals surface area contributed by atoms with Gasteiger partial charge >= 0.3 is 5.97 Å². The van der Waals surface area contributed by atoms with Gasteiger partial charge in [0.05, 0.1) is 36.1 Å². The molecule has 0 aliphatic carbocycles. The molecule has 0 aromatic carbocycles. The number of carbonyl (C=O) groups excluding carboxylic acids is 1. The Morgan fingerprint density at radius 1 is 1.09 bits per heavy atom. The van der Waals surface area contributed by atoms with Crippen LogP contribution in [0.15, 0.2) is 60.3 Å². The maximum absolute atomic E-state index is 12.8. The van der Waals surface area contributed by atoms with Crippen molar-refractivity contribution >= 4 is 5.97 Å². The second-order valence-corrected chi connectivity index (χ2v) is 13.4. The summed E-state index contributed by atoms with van der Waals surface area (Å²) in [5.74, 6) is -0.195. The van der Waals surface area contributed by atoms with E-state index >= 15 is 0 Å². The van der Waals surface area contributed by atoms with E-state index in [-0.39, 0.29) is 30.8 Å². The Morgan fingerprint density at radius 3 is 2.65 bits per heavy atom. The maximum Gasteiger partial charge on any atom is 0.330 e. The lowest BCUT2D eigenvalue weighted by Gasteiger charge is -2.28. The van der Waals surface area contributed by atoms with Crippen molar-refractivity contribution < 1.29 is 43.7 Å². The minimum absolute atomic E-state index is 0.102. The molecule has 0 aromatic rings. The zero-order valence-corrected chi connectivity index (χ0v) is 26.2. The highest BCUT2D eigenvalue weighted by molar-refractivity contribution is 5.82. The van der Waals surface area contributed by atoms with Crippen molar-refractivity contribution in [3.05, 3.63) is 60.3 Å². The van der Waals surface area contributed by atoms with Gasteiger partial charge in [0.25, 0.3) is 0 Å². The van der Waals surface area contributed by atoms with Crippen LogP contribution in [0.2, 0.25) is 0 Å². The highest BCUT2D eigenvalue weighted by atomic mass is 17.2. The van der Waals surface area contributed by atoms with Gasteiger partial charge in [-0.2, -0.15) is 4.89 Å². The molecule has 0 amide bonds. The lowest BCUT2D eigenvalue weighted by Crippen LogP contribution is -2.33. The Morgan fingerprint density at radius 2 is 1.88 bits per heavy atom. The van der Waals surface area contributed by atoms with Crippen LogP contribution in [0, 0.1) is 5.92 Å². The molecule has 0 spiro atoms. The van der Waals surface area contributed by atoms with Gasteiger partial charge in [0, 0.05) is 12.5 Å². The van der Waals surface area contributed by atoms with Crippen molar-refractivity contribution in [3.63, 3.8) is 0 Å². The summed E-state index contributed by atoms with van der Waals surface area (Å²) in [4.78, 5) is 23.7. The predicted octanol–water partition coefficient (Wildman–Crippen LogP) is 5.18. The van der Waals surface area contributed by atoms with E-state index in [1.54, 1.807) is 18.2 Å². The molecule has 2 N–H and O–H groups in total. The molecule has 240 valence electrons. The Labute approximate surface area is 256 Å². The van der Waals surface area contributed by atoms with Crippen molar-refractivity contribution in [2.75, 3.05) is 0 Å². The fourth-order valence-electron chi connectivity index (χ4n) is 5.79. The molecular weight excluding hydrogens is 552 g/mol. The molecule has 0 radical (unpaired) electrons. The molecule has 9 nitrogen and oxygen atoms in total. The third-order valence-corrected chi connectivity index (χ3v) is 7.82. The number of rotatable bonds is 5. The molecule has 1 unspecified atom stereocenters. The van der Waals surface area contributed by atoms with Crippen LogP contribution in [-0.4, -0.2) is 76.9 Å². The monoisotopic (exact) mass is 602 g/mol. The average Bonchev–Trinajstić information content (AvgIpc) is 3.68. The molecule has 10 atom stereocenters. The number of carbonyl (C=O) groups is 1. The maximum atomic E-state index is 12.8. The van der Waals surface area contributed by atoms with Gasteiger partial charge in [0.1, 0.15) is 18.3 Å². The Hall–Kier alpha value is -2.11. The van der Waals surface area contributed by atoms with Crippen LogP contribution in [0.25, 0.3) is 0 Å². The predicted molar refractivity (Wildman–Crippen MR) is 162 cm³/mol. The number of fused-ring (bicyclic) bond motifs is 3. The minimum Gasteiger partial charge on any atom is -0.456 e. The normalized spacial score (nSPS) is 37.9. The summed E-state index contributed by atoms with van der Waals surface area (Å²) < 4.78 is 23.7. The van der Waals surface area contributed by atoms with Crippen LogP contribution in [0.3, 0.4) is 0 Å². The van der Waals surface area contributed by atoms with Gasteiger partial charge in [0.2, 0.25) is 6.29 Å². The number of cyclic esters (lactones) is 1. The number of aliphatic hydroxyl groups excluding tert-OH is 2. The van der Waals surface area contributed by atoms with Crippen LogP contribution in [0.4, 0.5) is 0 Å². The van der Waals surface area contributed by atoms with E-state index < -0.39 is 42.3 Å². The quantitative estimate of drug-likeness (QED) is 0.144. The highest BCUT2D eigenvalue weighted by Gasteiger charge is 2.46. The second-order valence-electron chi connectivity index (χ2n) is 13.4. The smallest absolute Gasteiger partial charge is 0.330 e. The molecule has 4 heterocycles. The third kappa shape index (κ3) is 11.4. The molecule has 0 saturated carbocycles. The summed E-state index contributed by atoms with van der Waals surface area (Å²) in [6, 6.07) is 0. The standard InChI is InChI=1S/C34H50O9/c1-21-15-22(2)18-28(36)33-30(41-33)20-29(40-31(37)12-8-10-24-9-7-11-25(16-21)38-24)27(35)14-13-26-17-23(3)19-32(39-26)42-43-34(4,5)6/h7-9,12-14,19,21,24-30,32-33,35-36H,2,10-11,15-18,20H2,1,3-6H3/b12-8-,14-13+/t21-,24-,25-,26+,27-,28-,29-,30-,32?,33-/m0/s1. The van der Waals surface area contributed by atoms with Gasteiger partial charge in [-0.25, -0.2) is 9.68 Å². The highest BCUT2D eigenvalue weighted by Crippen LogP contribution is 2.35. The van der Waals surface area contributed by atoms with Crippen molar-refractivity contribution in [2.24, 2.45) is 5.92 Å². The average molecular weight is 603 g/mol. The van der Waals surface area contributed by atoms with Crippen LogP contribution >= 0.6 is 0 Å². The van der Waals surface area contributed by atoms with Gasteiger partial charge in [-0.1, -0.05) is 55.0 Å². The summed E-state index contributed by atoms with van der Waals surface area (Å²) in [7, 11) is 0. The first-order valence-corrected chi connectivity index (χ1v) is 15.6. The first kappa shape index (κ1) is 33.8. The zero-order chi connectivity index (χ0) is 31.1. The topological polar surface area (TPSA) is 116 Å². The van der Waals surface area contributed by atoms with E-state index in [9.17, 15) is 15.0 Å². The fraction of sp³-hybridized carbons (Fsp3) is 0.676. The molecule has 9 heteroatoms. The minimum atomic E-state index is -1.12. The van der Waals surface area contributed by atoms with E-state index in [4.69, 9.17) is 28.7 Å². The molecular formula is C34H50O9. The summed E-state index contributed by atoms with van der Waals surface area (Å²) in [5.41, 5.74) is 1.54. The van der Waals surface area contributed by atoms with Gasteiger partial charge in [-0.15, -0.1) is 0 Å². The number of aliphatic hydroxyl groups is 2. The SMILES string of the molecule is C=C1C[C@H](C)C[C@@H]2CC=C[C@@H](C/C=C\C(=O)O[C@H]([C@@H](O)/C=C/[C@@H]3CC(C)=CC(OOC(C)(C)C)O3)C[C@@H]3O[C@H]3[C@@H](O)C1)O2. The summed E-state index contributed by atoms with van der Waals surface area (Å²) in [5, 5.41) is 22.0. The summed E-state index contributed by atoms with van der Waals surface area (Å²) >= 11 is 0. The van der Waals surface area contributed by atoms with Crippen molar-refractivity contribution in [1.29, 1.82) is 0 Å². The molecule has 4 aliphatic heterocycles. The molecule has 43 heavy (non-hydrogen) atoms. The largest absolute Gasteiger partial charge is 0.456 e. The summed E-state index contributed by atoms with van der Waals surface area (Å²) in [6.45, 7) is 14.0. The molecule has 2 bridgehead atoms.